The SMILES string of the molecule is Cc1ccc(NC(=O)c2c3c(cn2C)S(=O)(=O)NC(C(O)C#CC(C)(C)F)CO3)cc1C#N. The highest BCUT2D eigenvalue weighted by molar-refractivity contribution is 7.89. The average Bonchev–Trinajstić information content (AvgIpc) is 3.00. The van der Waals surface area contributed by atoms with Crippen LogP contribution in [0.2, 0.25) is 0 Å². The molecule has 0 spiro atoms. The molecule has 0 fully saturated rings. The number of carbonyl (C=O) groups excluding carboxylic acids is 1. The molecular weight excluding hydrogens is 451 g/mol. The van der Waals surface area contributed by atoms with Gasteiger partial charge in [-0.1, -0.05) is 17.9 Å². The summed E-state index contributed by atoms with van der Waals surface area (Å²) in [6, 6.07) is 5.65. The average molecular weight is 475 g/mol. The van der Waals surface area contributed by atoms with Gasteiger partial charge in [0.1, 0.15) is 17.6 Å². The van der Waals surface area contributed by atoms with E-state index in [1.54, 1.807) is 19.1 Å². The van der Waals surface area contributed by atoms with E-state index in [1.165, 1.54) is 37.7 Å². The molecule has 174 valence electrons. The topological polar surface area (TPSA) is 133 Å². The minimum atomic E-state index is -4.19. The first-order valence-electron chi connectivity index (χ1n) is 9.88. The van der Waals surface area contributed by atoms with Crippen molar-refractivity contribution in [1.29, 1.82) is 5.26 Å². The van der Waals surface area contributed by atoms with Gasteiger partial charge >= 0.3 is 0 Å². The summed E-state index contributed by atoms with van der Waals surface area (Å²) in [5.41, 5.74) is -0.462. The summed E-state index contributed by atoms with van der Waals surface area (Å²) in [5.74, 6) is 3.65. The Hall–Kier alpha value is -3.38. The number of fused-ring (bicyclic) bond motifs is 1. The Labute approximate surface area is 191 Å². The number of halogens is 1. The number of rotatable bonds is 3. The number of carbonyl (C=O) groups is 1. The van der Waals surface area contributed by atoms with Crippen LogP contribution in [0.4, 0.5) is 10.1 Å². The first kappa shape index (κ1) is 24.3. The zero-order chi connectivity index (χ0) is 24.6. The normalized spacial score (nSPS) is 17.9. The van der Waals surface area contributed by atoms with E-state index >= 15 is 0 Å². The van der Waals surface area contributed by atoms with Crippen molar-refractivity contribution in [3.8, 4) is 23.7 Å². The fourth-order valence-corrected chi connectivity index (χ4v) is 4.57. The molecule has 1 aliphatic rings. The van der Waals surface area contributed by atoms with Crippen molar-refractivity contribution in [2.75, 3.05) is 11.9 Å². The highest BCUT2D eigenvalue weighted by atomic mass is 32.2. The van der Waals surface area contributed by atoms with E-state index in [-0.39, 0.29) is 22.9 Å². The lowest BCUT2D eigenvalue weighted by Crippen LogP contribution is -2.45. The van der Waals surface area contributed by atoms with Gasteiger partial charge in [0.25, 0.3) is 5.91 Å². The van der Waals surface area contributed by atoms with E-state index < -0.39 is 33.7 Å². The quantitative estimate of drug-likeness (QED) is 0.579. The molecule has 2 atom stereocenters. The summed E-state index contributed by atoms with van der Waals surface area (Å²) >= 11 is 0. The van der Waals surface area contributed by atoms with Gasteiger partial charge in [-0.3, -0.25) is 4.79 Å². The molecule has 0 saturated carbocycles. The molecule has 0 radical (unpaired) electrons. The number of nitriles is 1. The highest BCUT2D eigenvalue weighted by Gasteiger charge is 2.36. The molecule has 0 bridgehead atoms. The number of amides is 1. The molecule has 1 amide bonds. The van der Waals surface area contributed by atoms with Crippen LogP contribution in [0.25, 0.3) is 0 Å². The second-order valence-corrected chi connectivity index (χ2v) is 9.79. The van der Waals surface area contributed by atoms with Gasteiger partial charge < -0.3 is 19.7 Å². The number of benzene rings is 1. The molecule has 3 rings (SSSR count). The second-order valence-electron chi connectivity index (χ2n) is 8.10. The zero-order valence-corrected chi connectivity index (χ0v) is 19.2. The predicted octanol–water partition coefficient (Wildman–Crippen LogP) is 1.61. The van der Waals surface area contributed by atoms with Gasteiger partial charge in [0, 0.05) is 18.9 Å². The molecule has 2 aromatic rings. The van der Waals surface area contributed by atoms with Gasteiger partial charge in [0.2, 0.25) is 10.0 Å². The van der Waals surface area contributed by atoms with Crippen molar-refractivity contribution in [2.45, 2.75) is 43.5 Å². The summed E-state index contributed by atoms with van der Waals surface area (Å²) in [6.45, 7) is 3.82. The Morgan fingerprint density at radius 3 is 2.79 bits per heavy atom. The van der Waals surface area contributed by atoms with Crippen LogP contribution in [-0.4, -0.2) is 48.4 Å². The van der Waals surface area contributed by atoms with Crippen LogP contribution < -0.4 is 14.8 Å². The molecule has 3 N–H and O–H groups in total. The van der Waals surface area contributed by atoms with E-state index in [1.807, 2.05) is 6.07 Å². The van der Waals surface area contributed by atoms with Gasteiger partial charge in [-0.25, -0.2) is 17.5 Å². The Balaban J connectivity index is 1.92. The summed E-state index contributed by atoms with van der Waals surface area (Å²) in [6.07, 6.45) is -0.324. The van der Waals surface area contributed by atoms with Gasteiger partial charge in [-0.15, -0.1) is 0 Å². The number of aliphatic hydroxyl groups is 1. The molecular formula is C22H23FN4O5S. The second kappa shape index (κ2) is 8.87. The fourth-order valence-electron chi connectivity index (χ4n) is 3.15. The minimum Gasteiger partial charge on any atom is -0.488 e. The monoisotopic (exact) mass is 474 g/mol. The van der Waals surface area contributed by atoms with Crippen LogP contribution in [0, 0.1) is 30.1 Å². The van der Waals surface area contributed by atoms with Crippen LogP contribution in [-0.2, 0) is 17.1 Å². The third kappa shape index (κ3) is 5.34. The van der Waals surface area contributed by atoms with E-state index in [0.29, 0.717) is 11.3 Å². The van der Waals surface area contributed by atoms with Crippen molar-refractivity contribution in [3.05, 3.63) is 41.2 Å². The fraction of sp³-hybridized carbons (Fsp3) is 0.364. The van der Waals surface area contributed by atoms with Gasteiger partial charge in [-0.2, -0.15) is 5.26 Å². The molecule has 0 aliphatic carbocycles. The number of nitrogens with one attached hydrogen (secondary N) is 2. The molecule has 1 aromatic carbocycles. The Kier molecular flexibility index (Phi) is 6.52. The van der Waals surface area contributed by atoms with Crippen molar-refractivity contribution in [2.24, 2.45) is 7.05 Å². The van der Waals surface area contributed by atoms with Crippen LogP contribution in [0.3, 0.4) is 0 Å². The maximum absolute atomic E-state index is 13.6. The first-order valence-corrected chi connectivity index (χ1v) is 11.4. The summed E-state index contributed by atoms with van der Waals surface area (Å²) in [5, 5.41) is 22.1. The third-order valence-corrected chi connectivity index (χ3v) is 6.32. The maximum Gasteiger partial charge on any atom is 0.276 e. The van der Waals surface area contributed by atoms with Crippen LogP contribution in [0.15, 0.2) is 29.3 Å². The Morgan fingerprint density at radius 1 is 1.45 bits per heavy atom. The molecule has 0 saturated heterocycles. The smallest absolute Gasteiger partial charge is 0.276 e. The standard InChI is InChI=1S/C22H23FN4O5S/c1-13-5-6-15(9-14(13)10-24)25-21(29)19-20-18(11-27(19)4)33(30,31)26-16(12-32-20)17(28)7-8-22(2,3)23/h5-6,9,11,16-17,26,28H,12H2,1-4H3,(H,25,29). The summed E-state index contributed by atoms with van der Waals surface area (Å²) in [7, 11) is -2.71. The zero-order valence-electron chi connectivity index (χ0n) is 18.4. The number of alkyl halides is 1. The number of nitrogens with zero attached hydrogens (tertiary/aromatic N) is 2. The Bertz CT molecular complexity index is 1310. The van der Waals surface area contributed by atoms with E-state index in [0.717, 1.165) is 5.56 Å². The van der Waals surface area contributed by atoms with Crippen molar-refractivity contribution >= 4 is 21.6 Å². The largest absolute Gasteiger partial charge is 0.488 e. The molecule has 9 nitrogen and oxygen atoms in total. The van der Waals surface area contributed by atoms with Gasteiger partial charge in [-0.05, 0) is 38.5 Å². The van der Waals surface area contributed by atoms with Crippen LogP contribution in [0.1, 0.15) is 35.5 Å². The van der Waals surface area contributed by atoms with E-state index in [2.05, 4.69) is 21.9 Å². The van der Waals surface area contributed by atoms with Crippen molar-refractivity contribution in [1.82, 2.24) is 9.29 Å². The number of aliphatic hydroxyl groups excluding tert-OH is 1. The lowest BCUT2D eigenvalue weighted by atomic mass is 10.1. The highest BCUT2D eigenvalue weighted by Crippen LogP contribution is 2.33. The number of ether oxygens (including phenoxy) is 1. The minimum absolute atomic E-state index is 0.0689. The Morgan fingerprint density at radius 2 is 2.15 bits per heavy atom. The molecule has 2 unspecified atom stereocenters. The number of aryl methyl sites for hydroxylation is 2. The molecule has 11 heteroatoms. The lowest BCUT2D eigenvalue weighted by molar-refractivity contribution is 0.101. The lowest BCUT2D eigenvalue weighted by Gasteiger charge is -2.18. The third-order valence-electron chi connectivity index (χ3n) is 4.84. The number of hydrogen-bond donors (Lipinski definition) is 3. The van der Waals surface area contributed by atoms with Crippen molar-refractivity contribution < 1.29 is 27.4 Å². The predicted molar refractivity (Wildman–Crippen MR) is 118 cm³/mol. The number of aromatic nitrogens is 1. The molecule has 1 aromatic heterocycles. The number of anilines is 1. The molecule has 1 aliphatic heterocycles. The maximum atomic E-state index is 13.6. The molecule has 33 heavy (non-hydrogen) atoms. The van der Waals surface area contributed by atoms with Crippen LogP contribution in [0.5, 0.6) is 5.75 Å². The first-order chi connectivity index (χ1) is 15.3. The summed E-state index contributed by atoms with van der Waals surface area (Å²) < 4.78 is 48.6. The van der Waals surface area contributed by atoms with Gasteiger partial charge in [0.15, 0.2) is 17.1 Å². The van der Waals surface area contributed by atoms with Gasteiger partial charge in [0.05, 0.1) is 17.7 Å². The van der Waals surface area contributed by atoms with E-state index in [4.69, 9.17) is 4.74 Å². The van der Waals surface area contributed by atoms with Crippen molar-refractivity contribution in [3.63, 3.8) is 0 Å². The number of hydrogen-bond acceptors (Lipinski definition) is 6. The molecule has 2 heterocycles. The summed E-state index contributed by atoms with van der Waals surface area (Å²) in [4.78, 5) is 12.7. The van der Waals surface area contributed by atoms with E-state index in [9.17, 15) is 28.0 Å². The number of sulfonamides is 1. The van der Waals surface area contributed by atoms with Crippen LogP contribution >= 0.6 is 0 Å².